The van der Waals surface area contributed by atoms with Gasteiger partial charge in [-0.15, -0.1) is 0 Å². The van der Waals surface area contributed by atoms with Crippen LogP contribution in [0.5, 0.6) is 0 Å². The molecule has 40 heavy (non-hydrogen) atoms. The van der Waals surface area contributed by atoms with Gasteiger partial charge in [0, 0.05) is 25.8 Å². The predicted octanol–water partition coefficient (Wildman–Crippen LogP) is 4.11. The number of piperidine rings is 1. The Kier molecular flexibility index (Phi) is 6.33. The topological polar surface area (TPSA) is 100 Å². The van der Waals surface area contributed by atoms with Gasteiger partial charge in [-0.1, -0.05) is 12.8 Å². The summed E-state index contributed by atoms with van der Waals surface area (Å²) in [5.74, 6) is -0.0857. The summed E-state index contributed by atoms with van der Waals surface area (Å²) < 4.78 is 67.1. The van der Waals surface area contributed by atoms with Crippen LogP contribution >= 0.6 is 0 Å². The summed E-state index contributed by atoms with van der Waals surface area (Å²) in [7, 11) is 0. The molecular formula is C25H25F5N8O2. The van der Waals surface area contributed by atoms with Crippen LogP contribution in [-0.2, 0) is 17.5 Å². The van der Waals surface area contributed by atoms with Gasteiger partial charge in [-0.25, -0.2) is 38.1 Å². The van der Waals surface area contributed by atoms with E-state index < -0.39 is 42.2 Å². The summed E-state index contributed by atoms with van der Waals surface area (Å²) in [5, 5.41) is 3.93. The maximum Gasteiger partial charge on any atom is 0.416 e. The summed E-state index contributed by atoms with van der Waals surface area (Å²) in [6.45, 7) is 0.248. The van der Waals surface area contributed by atoms with E-state index in [9.17, 15) is 31.5 Å². The Balaban J connectivity index is 1.27. The average Bonchev–Trinajstić information content (AvgIpc) is 3.63. The van der Waals surface area contributed by atoms with Crippen LogP contribution < -0.4 is 9.80 Å². The minimum Gasteiger partial charge on any atom is -0.355 e. The van der Waals surface area contributed by atoms with Crippen LogP contribution in [0, 0.1) is 5.92 Å². The predicted molar refractivity (Wildman–Crippen MR) is 132 cm³/mol. The van der Waals surface area contributed by atoms with E-state index >= 15 is 0 Å². The zero-order valence-electron chi connectivity index (χ0n) is 21.2. The number of carbonyl (C=O) groups excluding carboxylic acids is 2. The minimum atomic E-state index is -4.66. The van der Waals surface area contributed by atoms with Crippen molar-refractivity contribution in [2.45, 2.75) is 56.8 Å². The zero-order chi connectivity index (χ0) is 28.2. The number of aromatic nitrogens is 5. The van der Waals surface area contributed by atoms with Gasteiger partial charge in [0.25, 0.3) is 12.3 Å². The molecule has 3 amide bonds. The summed E-state index contributed by atoms with van der Waals surface area (Å²) in [5.41, 5.74) is -1.67. The molecule has 1 saturated carbocycles. The average molecular weight is 565 g/mol. The molecule has 3 aromatic heterocycles. The first-order valence-electron chi connectivity index (χ1n) is 13.0. The van der Waals surface area contributed by atoms with Crippen molar-refractivity contribution in [1.82, 2.24) is 29.6 Å². The highest BCUT2D eigenvalue weighted by atomic mass is 19.4. The molecule has 6 rings (SSSR count). The van der Waals surface area contributed by atoms with E-state index in [4.69, 9.17) is 0 Å². The molecule has 0 atom stereocenters. The Hall–Kier alpha value is -3.91. The molecule has 10 nitrogen and oxygen atoms in total. The summed E-state index contributed by atoms with van der Waals surface area (Å²) in [4.78, 5) is 44.3. The SMILES string of the molecule is O=C1N(c2cc(C(F)(F)F)ccn2)C(=O)C2(CCN(c3cnc4cnn(CC(F)F)c4n3)CC2)N1CCC1CC1. The third-order valence-corrected chi connectivity index (χ3v) is 7.86. The largest absolute Gasteiger partial charge is 0.416 e. The van der Waals surface area contributed by atoms with Gasteiger partial charge in [0.05, 0.1) is 18.0 Å². The van der Waals surface area contributed by atoms with E-state index in [1.54, 1.807) is 0 Å². The maximum absolute atomic E-state index is 13.9. The molecule has 0 unspecified atom stereocenters. The second-order valence-corrected chi connectivity index (χ2v) is 10.4. The minimum absolute atomic E-state index is 0.202. The van der Waals surface area contributed by atoms with E-state index in [-0.39, 0.29) is 37.4 Å². The van der Waals surface area contributed by atoms with Crippen molar-refractivity contribution in [2.75, 3.05) is 29.4 Å². The number of carbonyl (C=O) groups is 2. The first-order valence-corrected chi connectivity index (χ1v) is 13.0. The van der Waals surface area contributed by atoms with E-state index in [2.05, 4.69) is 20.1 Å². The number of nitrogens with zero attached hydrogens (tertiary/aromatic N) is 8. The van der Waals surface area contributed by atoms with Crippen molar-refractivity contribution in [3.05, 3.63) is 36.3 Å². The zero-order valence-corrected chi connectivity index (χ0v) is 21.2. The number of hydrogen-bond acceptors (Lipinski definition) is 7. The van der Waals surface area contributed by atoms with Gasteiger partial charge in [-0.2, -0.15) is 18.3 Å². The summed E-state index contributed by atoms with van der Waals surface area (Å²) in [6, 6.07) is 0.831. The molecule has 3 aliphatic rings. The molecule has 2 aliphatic heterocycles. The number of fused-ring (bicyclic) bond motifs is 1. The van der Waals surface area contributed by atoms with Gasteiger partial charge in [-0.05, 0) is 37.3 Å². The van der Waals surface area contributed by atoms with E-state index in [1.165, 1.54) is 17.3 Å². The Bertz CT molecular complexity index is 1450. The van der Waals surface area contributed by atoms with E-state index in [1.807, 2.05) is 4.90 Å². The number of rotatable bonds is 7. The van der Waals surface area contributed by atoms with Crippen LogP contribution in [0.2, 0.25) is 0 Å². The number of anilines is 2. The lowest BCUT2D eigenvalue weighted by Crippen LogP contribution is -2.57. The van der Waals surface area contributed by atoms with Crippen LogP contribution in [-0.4, -0.2) is 73.2 Å². The molecule has 2 saturated heterocycles. The van der Waals surface area contributed by atoms with Gasteiger partial charge in [0.1, 0.15) is 29.2 Å². The third kappa shape index (κ3) is 4.60. The van der Waals surface area contributed by atoms with Crippen molar-refractivity contribution in [1.29, 1.82) is 0 Å². The summed E-state index contributed by atoms with van der Waals surface area (Å²) in [6.07, 6.45) is -0.301. The second-order valence-electron chi connectivity index (χ2n) is 10.4. The van der Waals surface area contributed by atoms with Crippen LogP contribution in [0.25, 0.3) is 11.2 Å². The van der Waals surface area contributed by atoms with Gasteiger partial charge < -0.3 is 9.80 Å². The smallest absolute Gasteiger partial charge is 0.355 e. The number of imide groups is 1. The van der Waals surface area contributed by atoms with Gasteiger partial charge in [0.2, 0.25) is 0 Å². The standard InChI is InChI=1S/C25H25F5N8O2/c26-18(27)14-37-21-17(12-33-37)32-13-20(34-21)35-9-5-24(6-10-35)22(39)38(23(40)36(24)8-4-15-1-2-15)19-11-16(3-7-31-19)25(28,29)30/h3,7,11-13,15,18H,1-2,4-6,8-10,14H2. The lowest BCUT2D eigenvalue weighted by atomic mass is 9.85. The van der Waals surface area contributed by atoms with Gasteiger partial charge >= 0.3 is 12.2 Å². The van der Waals surface area contributed by atoms with Crippen molar-refractivity contribution >= 4 is 34.7 Å². The first kappa shape index (κ1) is 26.3. The molecule has 0 N–H and O–H groups in total. The number of amides is 3. The number of pyridine rings is 1. The number of urea groups is 1. The highest BCUT2D eigenvalue weighted by Gasteiger charge is 2.59. The molecule has 212 valence electrons. The molecule has 0 radical (unpaired) electrons. The third-order valence-electron chi connectivity index (χ3n) is 7.86. The molecule has 15 heteroatoms. The van der Waals surface area contributed by atoms with Crippen molar-refractivity contribution in [3.8, 4) is 0 Å². The lowest BCUT2D eigenvalue weighted by Gasteiger charge is -2.42. The first-order chi connectivity index (χ1) is 19.1. The Morgan fingerprint density at radius 2 is 1.80 bits per heavy atom. The van der Waals surface area contributed by atoms with Crippen molar-refractivity contribution in [3.63, 3.8) is 0 Å². The fraction of sp³-hybridized carbons (Fsp3) is 0.520. The molecule has 1 spiro atoms. The number of halogens is 5. The highest BCUT2D eigenvalue weighted by molar-refractivity contribution is 6.23. The van der Waals surface area contributed by atoms with Gasteiger partial charge in [0.15, 0.2) is 5.65 Å². The van der Waals surface area contributed by atoms with Crippen molar-refractivity contribution < 1.29 is 31.5 Å². The molecular weight excluding hydrogens is 539 g/mol. The van der Waals surface area contributed by atoms with Crippen LogP contribution in [0.3, 0.4) is 0 Å². The van der Waals surface area contributed by atoms with Crippen molar-refractivity contribution in [2.24, 2.45) is 5.92 Å². The van der Waals surface area contributed by atoms with Crippen LogP contribution in [0.15, 0.2) is 30.7 Å². The Morgan fingerprint density at radius 3 is 2.48 bits per heavy atom. The molecule has 5 heterocycles. The molecule has 1 aliphatic carbocycles. The highest BCUT2D eigenvalue weighted by Crippen LogP contribution is 2.42. The summed E-state index contributed by atoms with van der Waals surface area (Å²) >= 11 is 0. The monoisotopic (exact) mass is 564 g/mol. The quantitative estimate of drug-likeness (QED) is 0.315. The normalized spacial score (nSPS) is 19.6. The Labute approximate surface area is 224 Å². The van der Waals surface area contributed by atoms with Crippen LogP contribution in [0.4, 0.5) is 38.4 Å². The molecule has 3 aromatic rings. The molecule has 3 fully saturated rings. The van der Waals surface area contributed by atoms with Gasteiger partial charge in [-0.3, -0.25) is 4.79 Å². The fourth-order valence-electron chi connectivity index (χ4n) is 5.51. The lowest BCUT2D eigenvalue weighted by molar-refractivity contribution is -0.137. The number of alkyl halides is 5. The maximum atomic E-state index is 13.9. The molecule has 0 aromatic carbocycles. The van der Waals surface area contributed by atoms with E-state index in [0.29, 0.717) is 30.2 Å². The van der Waals surface area contributed by atoms with Crippen LogP contribution in [0.1, 0.15) is 37.7 Å². The Morgan fingerprint density at radius 1 is 1.05 bits per heavy atom. The molecule has 0 bridgehead atoms. The number of hydrogen-bond donors (Lipinski definition) is 0. The van der Waals surface area contributed by atoms with E-state index in [0.717, 1.165) is 40.8 Å². The second kappa shape index (κ2) is 9.63. The fourth-order valence-corrected chi connectivity index (χ4v) is 5.51.